The third kappa shape index (κ3) is 5.26. The number of hydrogen-bond donors (Lipinski definition) is 0. The SMILES string of the molecule is COc1cc([C@H]2N(Cc3ccccc3)CC(=O)N2/N=C(/C)c2ccc(Cl)cc2)cc(OC)c1OC. The minimum absolute atomic E-state index is 0.104. The summed E-state index contributed by atoms with van der Waals surface area (Å²) >= 11 is 6.05. The first-order valence-electron chi connectivity index (χ1n) is 11.2. The second-order valence-electron chi connectivity index (χ2n) is 8.15. The Hall–Kier alpha value is -3.55. The molecule has 3 aromatic carbocycles. The number of nitrogens with zero attached hydrogens (tertiary/aromatic N) is 3. The van der Waals surface area contributed by atoms with Gasteiger partial charge in [-0.2, -0.15) is 5.10 Å². The summed E-state index contributed by atoms with van der Waals surface area (Å²) in [5, 5.41) is 6.94. The van der Waals surface area contributed by atoms with Gasteiger partial charge in [-0.15, -0.1) is 0 Å². The van der Waals surface area contributed by atoms with Crippen LogP contribution in [0.3, 0.4) is 0 Å². The molecule has 0 bridgehead atoms. The summed E-state index contributed by atoms with van der Waals surface area (Å²) in [6, 6.07) is 21.1. The zero-order valence-corrected chi connectivity index (χ0v) is 21.0. The smallest absolute Gasteiger partial charge is 0.258 e. The standard InChI is InChI=1S/C27H28ClN3O4/c1-18(20-10-12-22(28)13-11-20)29-31-25(32)17-30(16-19-8-6-5-7-9-19)27(31)21-14-23(33-2)26(35-4)24(15-21)34-3/h5-15,27H,16-17H2,1-4H3/b29-18-/t27-/m0/s1. The van der Waals surface area contributed by atoms with Crippen LogP contribution in [0.15, 0.2) is 71.8 Å². The van der Waals surface area contributed by atoms with Crippen LogP contribution in [0.1, 0.15) is 29.8 Å². The number of benzene rings is 3. The Morgan fingerprint density at radius 1 is 0.971 bits per heavy atom. The molecule has 0 spiro atoms. The summed E-state index contributed by atoms with van der Waals surface area (Å²) in [5.41, 5.74) is 3.48. The Morgan fingerprint density at radius 3 is 2.17 bits per heavy atom. The number of hydrogen-bond acceptors (Lipinski definition) is 6. The summed E-state index contributed by atoms with van der Waals surface area (Å²) in [7, 11) is 4.71. The first-order chi connectivity index (χ1) is 16.9. The second kappa shape index (κ2) is 10.8. The molecule has 0 saturated carbocycles. The molecule has 0 aromatic heterocycles. The third-order valence-corrected chi connectivity index (χ3v) is 6.16. The maximum absolute atomic E-state index is 13.3. The van der Waals surface area contributed by atoms with Crippen molar-refractivity contribution >= 4 is 23.2 Å². The fraction of sp³-hybridized carbons (Fsp3) is 0.259. The van der Waals surface area contributed by atoms with Gasteiger partial charge in [0.05, 0.1) is 33.6 Å². The van der Waals surface area contributed by atoms with Crippen molar-refractivity contribution in [2.45, 2.75) is 19.6 Å². The molecule has 1 amide bonds. The van der Waals surface area contributed by atoms with Gasteiger partial charge < -0.3 is 14.2 Å². The molecular formula is C27H28ClN3O4. The number of methoxy groups -OCH3 is 3. The molecule has 0 radical (unpaired) electrons. The van der Waals surface area contributed by atoms with Gasteiger partial charge in [0.2, 0.25) is 5.75 Å². The quantitative estimate of drug-likeness (QED) is 0.407. The largest absolute Gasteiger partial charge is 0.493 e. The minimum atomic E-state index is -0.473. The van der Waals surface area contributed by atoms with Crippen molar-refractivity contribution in [2.24, 2.45) is 5.10 Å². The average molecular weight is 494 g/mol. The molecule has 0 aliphatic carbocycles. The van der Waals surface area contributed by atoms with Gasteiger partial charge in [0, 0.05) is 11.6 Å². The van der Waals surface area contributed by atoms with E-state index in [0.717, 1.165) is 16.7 Å². The first-order valence-corrected chi connectivity index (χ1v) is 11.5. The average Bonchev–Trinajstić information content (AvgIpc) is 3.17. The lowest BCUT2D eigenvalue weighted by Gasteiger charge is -2.29. The summed E-state index contributed by atoms with van der Waals surface area (Å²) in [6.45, 7) is 2.66. The number of ether oxygens (including phenoxy) is 3. The van der Waals surface area contributed by atoms with Crippen molar-refractivity contribution in [1.82, 2.24) is 9.91 Å². The Morgan fingerprint density at radius 2 is 1.60 bits per heavy atom. The van der Waals surface area contributed by atoms with Crippen LogP contribution < -0.4 is 14.2 Å². The third-order valence-electron chi connectivity index (χ3n) is 5.90. The molecule has 7 nitrogen and oxygen atoms in total. The summed E-state index contributed by atoms with van der Waals surface area (Å²) in [6.07, 6.45) is -0.473. The molecule has 1 heterocycles. The normalized spacial score (nSPS) is 16.5. The second-order valence-corrected chi connectivity index (χ2v) is 8.59. The lowest BCUT2D eigenvalue weighted by Crippen LogP contribution is -2.29. The number of hydrazone groups is 1. The maximum Gasteiger partial charge on any atom is 0.258 e. The molecular weight excluding hydrogens is 466 g/mol. The summed E-state index contributed by atoms with van der Waals surface area (Å²) in [4.78, 5) is 15.4. The lowest BCUT2D eigenvalue weighted by molar-refractivity contribution is -0.128. The van der Waals surface area contributed by atoms with Gasteiger partial charge in [-0.3, -0.25) is 9.69 Å². The van der Waals surface area contributed by atoms with Gasteiger partial charge in [-0.25, -0.2) is 5.01 Å². The van der Waals surface area contributed by atoms with Crippen LogP contribution in [-0.4, -0.2) is 49.4 Å². The molecule has 1 saturated heterocycles. The number of rotatable bonds is 8. The van der Waals surface area contributed by atoms with Crippen molar-refractivity contribution in [3.8, 4) is 17.2 Å². The van der Waals surface area contributed by atoms with E-state index < -0.39 is 6.17 Å². The highest BCUT2D eigenvalue weighted by atomic mass is 35.5. The molecule has 1 aliphatic heterocycles. The Labute approximate surface area is 210 Å². The predicted octanol–water partition coefficient (Wildman–Crippen LogP) is 5.13. The van der Waals surface area contributed by atoms with Gasteiger partial charge in [-0.05, 0) is 47.9 Å². The highest BCUT2D eigenvalue weighted by molar-refractivity contribution is 6.30. The molecule has 1 aliphatic rings. The minimum Gasteiger partial charge on any atom is -0.493 e. The van der Waals surface area contributed by atoms with Crippen LogP contribution in [0.2, 0.25) is 5.02 Å². The fourth-order valence-electron chi connectivity index (χ4n) is 4.21. The van der Waals surface area contributed by atoms with Gasteiger partial charge >= 0.3 is 0 Å². The highest BCUT2D eigenvalue weighted by Gasteiger charge is 2.40. The van der Waals surface area contributed by atoms with Crippen LogP contribution in [0, 0.1) is 0 Å². The molecule has 35 heavy (non-hydrogen) atoms. The summed E-state index contributed by atoms with van der Waals surface area (Å²) in [5.74, 6) is 1.41. The highest BCUT2D eigenvalue weighted by Crippen LogP contribution is 2.43. The number of amides is 1. The fourth-order valence-corrected chi connectivity index (χ4v) is 4.33. The van der Waals surface area contributed by atoms with Crippen LogP contribution in [0.4, 0.5) is 0 Å². The van der Waals surface area contributed by atoms with Crippen molar-refractivity contribution < 1.29 is 19.0 Å². The van der Waals surface area contributed by atoms with E-state index in [4.69, 9.17) is 30.9 Å². The summed E-state index contributed by atoms with van der Waals surface area (Å²) < 4.78 is 16.7. The molecule has 1 fully saturated rings. The van der Waals surface area contributed by atoms with E-state index >= 15 is 0 Å². The van der Waals surface area contributed by atoms with E-state index in [2.05, 4.69) is 4.90 Å². The first kappa shape index (κ1) is 24.6. The lowest BCUT2D eigenvalue weighted by atomic mass is 10.1. The van der Waals surface area contributed by atoms with E-state index in [1.54, 1.807) is 33.5 Å². The maximum atomic E-state index is 13.3. The van der Waals surface area contributed by atoms with E-state index in [1.165, 1.54) is 5.01 Å². The Kier molecular flexibility index (Phi) is 7.58. The van der Waals surface area contributed by atoms with Crippen molar-refractivity contribution in [3.05, 3.63) is 88.4 Å². The topological polar surface area (TPSA) is 63.6 Å². The van der Waals surface area contributed by atoms with Crippen LogP contribution in [-0.2, 0) is 11.3 Å². The van der Waals surface area contributed by atoms with Gasteiger partial charge in [0.25, 0.3) is 5.91 Å². The molecule has 8 heteroatoms. The monoisotopic (exact) mass is 493 g/mol. The van der Waals surface area contributed by atoms with E-state index in [1.807, 2.05) is 61.5 Å². The Balaban J connectivity index is 1.80. The zero-order chi connectivity index (χ0) is 24.9. The Bertz CT molecular complexity index is 1190. The van der Waals surface area contributed by atoms with Crippen LogP contribution in [0.25, 0.3) is 0 Å². The number of carbonyl (C=O) groups is 1. The molecule has 1 atom stereocenters. The van der Waals surface area contributed by atoms with E-state index in [-0.39, 0.29) is 12.5 Å². The molecule has 4 rings (SSSR count). The molecule has 0 N–H and O–H groups in total. The van der Waals surface area contributed by atoms with Crippen LogP contribution in [0.5, 0.6) is 17.2 Å². The van der Waals surface area contributed by atoms with E-state index in [9.17, 15) is 4.79 Å². The number of carbonyl (C=O) groups excluding carboxylic acids is 1. The van der Waals surface area contributed by atoms with Gasteiger partial charge in [0.15, 0.2) is 11.5 Å². The number of halogens is 1. The zero-order valence-electron chi connectivity index (χ0n) is 20.2. The van der Waals surface area contributed by atoms with Crippen molar-refractivity contribution in [3.63, 3.8) is 0 Å². The van der Waals surface area contributed by atoms with Gasteiger partial charge in [0.1, 0.15) is 6.17 Å². The van der Waals surface area contributed by atoms with Gasteiger partial charge in [-0.1, -0.05) is 54.1 Å². The van der Waals surface area contributed by atoms with Crippen LogP contribution >= 0.6 is 11.6 Å². The molecule has 182 valence electrons. The van der Waals surface area contributed by atoms with Crippen molar-refractivity contribution in [1.29, 1.82) is 0 Å². The van der Waals surface area contributed by atoms with Crippen molar-refractivity contribution in [2.75, 3.05) is 27.9 Å². The van der Waals surface area contributed by atoms with E-state index in [0.29, 0.717) is 34.5 Å². The molecule has 0 unspecified atom stereocenters. The predicted molar refractivity (Wildman–Crippen MR) is 136 cm³/mol. The molecule has 3 aromatic rings.